The van der Waals surface area contributed by atoms with Gasteiger partial charge in [-0.1, -0.05) is 48.5 Å². The van der Waals surface area contributed by atoms with E-state index < -0.39 is 0 Å². The summed E-state index contributed by atoms with van der Waals surface area (Å²) in [7, 11) is 2.14. The predicted molar refractivity (Wildman–Crippen MR) is 109 cm³/mol. The number of aromatic nitrogens is 3. The summed E-state index contributed by atoms with van der Waals surface area (Å²) in [5, 5.41) is 9.38. The van der Waals surface area contributed by atoms with Gasteiger partial charge < -0.3 is 4.57 Å². The van der Waals surface area contributed by atoms with Gasteiger partial charge in [-0.3, -0.25) is 10.00 Å². The second-order valence-electron chi connectivity index (χ2n) is 7.51. The summed E-state index contributed by atoms with van der Waals surface area (Å²) in [6.07, 6.45) is 1.03. The maximum absolute atomic E-state index is 4.77. The first kappa shape index (κ1) is 16.3. The molecule has 0 aliphatic carbocycles. The molecule has 4 aromatic rings. The van der Waals surface area contributed by atoms with Crippen LogP contribution in [-0.2, 0) is 26.6 Å². The van der Waals surface area contributed by atoms with Gasteiger partial charge in [0.05, 0.1) is 5.69 Å². The van der Waals surface area contributed by atoms with Gasteiger partial charge in [0.2, 0.25) is 0 Å². The fourth-order valence-electron chi connectivity index (χ4n) is 4.35. The molecule has 0 saturated carbocycles. The van der Waals surface area contributed by atoms with E-state index in [1.165, 1.54) is 39.0 Å². The van der Waals surface area contributed by atoms with Crippen LogP contribution in [0.3, 0.4) is 0 Å². The lowest BCUT2D eigenvalue weighted by molar-refractivity contribution is 0.245. The molecular weight excluding hydrogens is 332 g/mol. The molecule has 3 heterocycles. The van der Waals surface area contributed by atoms with Gasteiger partial charge in [-0.15, -0.1) is 0 Å². The summed E-state index contributed by atoms with van der Waals surface area (Å²) in [5.74, 6) is 0. The molecule has 0 fully saturated rings. The average molecular weight is 356 g/mol. The highest BCUT2D eigenvalue weighted by atomic mass is 15.2. The first-order valence-corrected chi connectivity index (χ1v) is 9.59. The van der Waals surface area contributed by atoms with E-state index in [2.05, 4.69) is 83.1 Å². The number of aromatic amines is 1. The van der Waals surface area contributed by atoms with Gasteiger partial charge in [0.15, 0.2) is 0 Å². The summed E-state index contributed by atoms with van der Waals surface area (Å²) in [4.78, 5) is 2.52. The minimum Gasteiger partial charge on any atom is -0.347 e. The Morgan fingerprint density at radius 3 is 2.67 bits per heavy atom. The van der Waals surface area contributed by atoms with Gasteiger partial charge in [0, 0.05) is 66.5 Å². The molecule has 0 amide bonds. The normalized spacial score (nSPS) is 14.6. The van der Waals surface area contributed by atoms with Crippen molar-refractivity contribution in [1.82, 2.24) is 19.7 Å². The largest absolute Gasteiger partial charge is 0.347 e. The Hall–Kier alpha value is -2.85. The number of nitrogens with one attached hydrogen (secondary N) is 1. The van der Waals surface area contributed by atoms with Crippen LogP contribution < -0.4 is 0 Å². The molecule has 1 aliphatic heterocycles. The molecule has 5 rings (SSSR count). The average Bonchev–Trinajstić information content (AvgIpc) is 3.22. The van der Waals surface area contributed by atoms with Crippen LogP contribution in [-0.4, -0.2) is 26.2 Å². The van der Waals surface area contributed by atoms with Crippen molar-refractivity contribution in [3.63, 3.8) is 0 Å². The van der Waals surface area contributed by atoms with E-state index in [0.29, 0.717) is 0 Å². The number of benzene rings is 2. The summed E-state index contributed by atoms with van der Waals surface area (Å²) in [6, 6.07) is 19.4. The van der Waals surface area contributed by atoms with Crippen LogP contribution in [0.15, 0.2) is 54.6 Å². The monoisotopic (exact) mass is 356 g/mol. The Balaban J connectivity index is 1.55. The van der Waals surface area contributed by atoms with Gasteiger partial charge >= 0.3 is 0 Å². The van der Waals surface area contributed by atoms with Crippen LogP contribution in [0, 0.1) is 6.92 Å². The predicted octanol–water partition coefficient (Wildman–Crippen LogP) is 4.44. The molecule has 4 nitrogen and oxygen atoms in total. The molecule has 1 N–H and O–H groups in total. The van der Waals surface area contributed by atoms with Crippen molar-refractivity contribution in [3.8, 4) is 11.3 Å². The molecule has 136 valence electrons. The first-order valence-electron chi connectivity index (χ1n) is 9.59. The van der Waals surface area contributed by atoms with Crippen molar-refractivity contribution in [2.24, 2.45) is 7.05 Å². The summed E-state index contributed by atoms with van der Waals surface area (Å²) < 4.78 is 2.27. The number of hydrogen-bond acceptors (Lipinski definition) is 2. The van der Waals surface area contributed by atoms with Crippen molar-refractivity contribution >= 4 is 10.9 Å². The lowest BCUT2D eigenvalue weighted by Crippen LogP contribution is -2.30. The van der Waals surface area contributed by atoms with E-state index >= 15 is 0 Å². The SMILES string of the molecule is Cc1c(-c2n[nH]c3c2CN(Cc2ccccc2)CC3)c2ccccc2n1C. The van der Waals surface area contributed by atoms with Crippen LogP contribution in [0.2, 0.25) is 0 Å². The Labute approximate surface area is 159 Å². The Bertz CT molecular complexity index is 1100. The van der Waals surface area contributed by atoms with Gasteiger partial charge in [-0.25, -0.2) is 0 Å². The fraction of sp³-hybridized carbons (Fsp3) is 0.261. The van der Waals surface area contributed by atoms with Crippen molar-refractivity contribution < 1.29 is 0 Å². The lowest BCUT2D eigenvalue weighted by atomic mass is 9.98. The van der Waals surface area contributed by atoms with Gasteiger partial charge in [0.25, 0.3) is 0 Å². The van der Waals surface area contributed by atoms with E-state index in [1.54, 1.807) is 0 Å². The second-order valence-corrected chi connectivity index (χ2v) is 7.51. The maximum atomic E-state index is 4.77. The highest BCUT2D eigenvalue weighted by Gasteiger charge is 2.25. The van der Waals surface area contributed by atoms with Crippen LogP contribution in [0.1, 0.15) is 22.5 Å². The Kier molecular flexibility index (Phi) is 3.87. The number of hydrogen-bond donors (Lipinski definition) is 1. The lowest BCUT2D eigenvalue weighted by Gasteiger charge is -2.27. The van der Waals surface area contributed by atoms with Crippen LogP contribution >= 0.6 is 0 Å². The highest BCUT2D eigenvalue weighted by Crippen LogP contribution is 2.37. The second kappa shape index (κ2) is 6.39. The van der Waals surface area contributed by atoms with Crippen molar-refractivity contribution in [2.75, 3.05) is 6.54 Å². The van der Waals surface area contributed by atoms with Crippen LogP contribution in [0.4, 0.5) is 0 Å². The third kappa shape index (κ3) is 2.68. The smallest absolute Gasteiger partial charge is 0.0992 e. The molecule has 0 saturated heterocycles. The number of para-hydroxylation sites is 1. The molecular formula is C23H24N4. The molecule has 0 spiro atoms. The molecule has 0 radical (unpaired) electrons. The molecule has 2 aromatic carbocycles. The third-order valence-electron chi connectivity index (χ3n) is 5.90. The fourth-order valence-corrected chi connectivity index (χ4v) is 4.35. The van der Waals surface area contributed by atoms with Crippen LogP contribution in [0.25, 0.3) is 22.2 Å². The number of nitrogens with zero attached hydrogens (tertiary/aromatic N) is 3. The summed E-state index contributed by atoms with van der Waals surface area (Å²) in [6.45, 7) is 5.19. The van der Waals surface area contributed by atoms with Crippen LogP contribution in [0.5, 0.6) is 0 Å². The number of rotatable bonds is 3. The topological polar surface area (TPSA) is 36.9 Å². The van der Waals surface area contributed by atoms with Gasteiger partial charge in [-0.2, -0.15) is 5.10 Å². The van der Waals surface area contributed by atoms with Crippen molar-refractivity contribution in [2.45, 2.75) is 26.4 Å². The van der Waals surface area contributed by atoms with E-state index in [4.69, 9.17) is 5.10 Å². The zero-order chi connectivity index (χ0) is 18.4. The molecule has 0 atom stereocenters. The molecule has 1 aliphatic rings. The van der Waals surface area contributed by atoms with E-state index in [-0.39, 0.29) is 0 Å². The molecule has 4 heteroatoms. The van der Waals surface area contributed by atoms with Crippen molar-refractivity contribution in [1.29, 1.82) is 0 Å². The highest BCUT2D eigenvalue weighted by molar-refractivity contribution is 5.97. The van der Waals surface area contributed by atoms with E-state index in [9.17, 15) is 0 Å². The Morgan fingerprint density at radius 1 is 1.04 bits per heavy atom. The number of H-pyrrole nitrogens is 1. The number of aryl methyl sites for hydroxylation is 1. The minimum atomic E-state index is 0.943. The quantitative estimate of drug-likeness (QED) is 0.589. The first-order chi connectivity index (χ1) is 13.2. The van der Waals surface area contributed by atoms with Gasteiger partial charge in [-0.05, 0) is 18.6 Å². The zero-order valence-corrected chi connectivity index (χ0v) is 15.9. The third-order valence-corrected chi connectivity index (χ3v) is 5.90. The summed E-state index contributed by atoms with van der Waals surface area (Å²) >= 11 is 0. The Morgan fingerprint density at radius 2 is 1.81 bits per heavy atom. The number of fused-ring (bicyclic) bond motifs is 2. The van der Waals surface area contributed by atoms with Crippen molar-refractivity contribution in [3.05, 3.63) is 77.1 Å². The van der Waals surface area contributed by atoms with Gasteiger partial charge in [0.1, 0.15) is 0 Å². The van der Waals surface area contributed by atoms with E-state index in [1.807, 2.05) is 0 Å². The molecule has 0 unspecified atom stereocenters. The maximum Gasteiger partial charge on any atom is 0.0992 e. The molecule has 27 heavy (non-hydrogen) atoms. The zero-order valence-electron chi connectivity index (χ0n) is 15.9. The standard InChI is InChI=1S/C23H24N4/c1-16-22(18-10-6-7-11-21(18)26(16)2)23-19-15-27(13-12-20(19)24-25-23)14-17-8-4-3-5-9-17/h3-11H,12-15H2,1-2H3,(H,24,25). The minimum absolute atomic E-state index is 0.943. The van der Waals surface area contributed by atoms with E-state index in [0.717, 1.165) is 31.7 Å². The summed E-state index contributed by atoms with van der Waals surface area (Å²) in [5.41, 5.74) is 8.94. The molecule has 0 bridgehead atoms. The molecule has 2 aromatic heterocycles.